The van der Waals surface area contributed by atoms with E-state index in [-0.39, 0.29) is 5.78 Å². The quantitative estimate of drug-likeness (QED) is 0.708. The fourth-order valence-electron chi connectivity index (χ4n) is 2.17. The van der Waals surface area contributed by atoms with Crippen molar-refractivity contribution in [3.05, 3.63) is 71.9 Å². The minimum atomic E-state index is 0.0701. The van der Waals surface area contributed by atoms with E-state index >= 15 is 0 Å². The minimum absolute atomic E-state index is 0.0701. The van der Waals surface area contributed by atoms with Crippen LogP contribution in [0.1, 0.15) is 23.0 Å². The van der Waals surface area contributed by atoms with Crippen LogP contribution >= 0.6 is 0 Å². The molecule has 0 aliphatic heterocycles. The number of rotatable bonds is 2. The van der Waals surface area contributed by atoms with Crippen molar-refractivity contribution in [3.8, 4) is 0 Å². The van der Waals surface area contributed by atoms with Gasteiger partial charge in [0.25, 0.3) is 0 Å². The van der Waals surface area contributed by atoms with Crippen LogP contribution in [0.3, 0.4) is 0 Å². The number of aryl methyl sites for hydroxylation is 1. The van der Waals surface area contributed by atoms with Crippen molar-refractivity contribution in [1.29, 1.82) is 0 Å². The lowest BCUT2D eigenvalue weighted by atomic mass is 10.1. The number of para-hydroxylation sites is 2. The number of nitrogens with one attached hydrogen (secondary N) is 1. The van der Waals surface area contributed by atoms with E-state index in [1.807, 2.05) is 74.6 Å². The van der Waals surface area contributed by atoms with Crippen LogP contribution in [-0.4, -0.2) is 17.8 Å². The summed E-state index contributed by atoms with van der Waals surface area (Å²) >= 11 is 0. The van der Waals surface area contributed by atoms with Gasteiger partial charge in [0, 0.05) is 29.4 Å². The van der Waals surface area contributed by atoms with Crippen molar-refractivity contribution in [3.63, 3.8) is 0 Å². The first-order valence-corrected chi connectivity index (χ1v) is 7.22. The zero-order chi connectivity index (χ0) is 15.9. The van der Waals surface area contributed by atoms with Crippen LogP contribution in [0.5, 0.6) is 0 Å². The molecule has 0 bridgehead atoms. The van der Waals surface area contributed by atoms with Crippen molar-refractivity contribution < 1.29 is 4.79 Å². The minimum Gasteiger partial charge on any atom is -0.388 e. The summed E-state index contributed by atoms with van der Waals surface area (Å²) in [6.07, 6.45) is 0. The van der Waals surface area contributed by atoms with Gasteiger partial charge in [0.2, 0.25) is 0 Å². The summed E-state index contributed by atoms with van der Waals surface area (Å²) in [6, 6.07) is 19.8. The van der Waals surface area contributed by atoms with Crippen LogP contribution in [0, 0.1) is 6.92 Å². The summed E-state index contributed by atoms with van der Waals surface area (Å²) in [7, 11) is 1.91. The standard InChI is InChI=1S/C12H11NO.C7H9N/c1-8-11(9(2)14)7-10-5-3-4-6-12(10)13-8;1-8-7-5-3-2-4-6-7/h3-7H,1-2H3;2-6,8H,1H3. The van der Waals surface area contributed by atoms with Crippen LogP contribution in [0.4, 0.5) is 5.69 Å². The molecule has 3 rings (SSSR count). The number of carbonyl (C=O) groups excluding carboxylic acids is 1. The third-order valence-corrected chi connectivity index (χ3v) is 3.36. The van der Waals surface area contributed by atoms with E-state index < -0.39 is 0 Å². The Labute approximate surface area is 131 Å². The first-order valence-electron chi connectivity index (χ1n) is 7.22. The normalized spacial score (nSPS) is 9.77. The molecule has 0 aliphatic carbocycles. The lowest BCUT2D eigenvalue weighted by Gasteiger charge is -2.03. The van der Waals surface area contributed by atoms with E-state index in [1.165, 1.54) is 0 Å². The number of fused-ring (bicyclic) bond motifs is 1. The number of nitrogens with zero attached hydrogens (tertiary/aromatic N) is 1. The van der Waals surface area contributed by atoms with Crippen molar-refractivity contribution in [1.82, 2.24) is 4.98 Å². The highest BCUT2D eigenvalue weighted by molar-refractivity contribution is 5.98. The second kappa shape index (κ2) is 7.36. The number of benzene rings is 2. The van der Waals surface area contributed by atoms with Gasteiger partial charge in [-0.3, -0.25) is 9.78 Å². The third-order valence-electron chi connectivity index (χ3n) is 3.36. The largest absolute Gasteiger partial charge is 0.388 e. The second-order valence-corrected chi connectivity index (χ2v) is 4.99. The highest BCUT2D eigenvalue weighted by atomic mass is 16.1. The highest BCUT2D eigenvalue weighted by Gasteiger charge is 2.06. The van der Waals surface area contributed by atoms with Crippen LogP contribution in [0.2, 0.25) is 0 Å². The van der Waals surface area contributed by atoms with Gasteiger partial charge in [-0.05, 0) is 38.1 Å². The number of anilines is 1. The topological polar surface area (TPSA) is 42.0 Å². The van der Waals surface area contributed by atoms with Crippen LogP contribution in [0.15, 0.2) is 60.7 Å². The predicted octanol–water partition coefficient (Wildman–Crippen LogP) is 4.47. The summed E-state index contributed by atoms with van der Waals surface area (Å²) in [5.41, 5.74) is 3.61. The van der Waals surface area contributed by atoms with E-state index in [0.717, 1.165) is 22.3 Å². The number of Topliss-reactive ketones (excluding diaryl/α,β-unsaturated/α-hetero) is 1. The maximum atomic E-state index is 11.3. The van der Waals surface area contributed by atoms with Crippen LogP contribution < -0.4 is 5.32 Å². The first kappa shape index (κ1) is 15.7. The maximum Gasteiger partial charge on any atom is 0.161 e. The molecule has 112 valence electrons. The van der Waals surface area contributed by atoms with Gasteiger partial charge in [-0.2, -0.15) is 0 Å². The Morgan fingerprint density at radius 2 is 1.64 bits per heavy atom. The molecule has 0 spiro atoms. The lowest BCUT2D eigenvalue weighted by Crippen LogP contribution is -1.98. The average Bonchev–Trinajstić information content (AvgIpc) is 2.55. The Balaban J connectivity index is 0.000000188. The van der Waals surface area contributed by atoms with Crippen LogP contribution in [0.25, 0.3) is 10.9 Å². The molecule has 3 nitrogen and oxygen atoms in total. The molecule has 2 aromatic carbocycles. The molecule has 3 aromatic rings. The van der Waals surface area contributed by atoms with E-state index in [0.29, 0.717) is 5.56 Å². The second-order valence-electron chi connectivity index (χ2n) is 4.99. The fourth-order valence-corrected chi connectivity index (χ4v) is 2.17. The number of hydrogen-bond donors (Lipinski definition) is 1. The smallest absolute Gasteiger partial charge is 0.161 e. The molecule has 1 aromatic heterocycles. The highest BCUT2D eigenvalue weighted by Crippen LogP contribution is 2.16. The SMILES string of the molecule is CC(=O)c1cc2ccccc2nc1C.CNc1ccccc1. The molecule has 22 heavy (non-hydrogen) atoms. The lowest BCUT2D eigenvalue weighted by molar-refractivity contribution is 0.101. The average molecular weight is 292 g/mol. The summed E-state index contributed by atoms with van der Waals surface area (Å²) < 4.78 is 0. The van der Waals surface area contributed by atoms with Gasteiger partial charge >= 0.3 is 0 Å². The van der Waals surface area contributed by atoms with Crippen molar-refractivity contribution >= 4 is 22.4 Å². The van der Waals surface area contributed by atoms with E-state index in [2.05, 4.69) is 10.3 Å². The van der Waals surface area contributed by atoms with E-state index in [4.69, 9.17) is 0 Å². The summed E-state index contributed by atoms with van der Waals surface area (Å²) in [5, 5.41) is 4.04. The van der Waals surface area contributed by atoms with Gasteiger partial charge in [0.05, 0.1) is 5.52 Å². The molecule has 0 saturated heterocycles. The molecule has 0 amide bonds. The molecule has 0 saturated carbocycles. The number of aromatic nitrogens is 1. The summed E-state index contributed by atoms with van der Waals surface area (Å²) in [4.78, 5) is 15.6. The Kier molecular flexibility index (Phi) is 5.26. The van der Waals surface area contributed by atoms with Gasteiger partial charge in [0.1, 0.15) is 0 Å². The molecular formula is C19H20N2O. The fraction of sp³-hybridized carbons (Fsp3) is 0.158. The Bertz CT molecular complexity index is 767. The monoisotopic (exact) mass is 292 g/mol. The van der Waals surface area contributed by atoms with Gasteiger partial charge in [-0.15, -0.1) is 0 Å². The Morgan fingerprint density at radius 1 is 1.00 bits per heavy atom. The number of hydrogen-bond acceptors (Lipinski definition) is 3. The van der Waals surface area contributed by atoms with Gasteiger partial charge in [-0.25, -0.2) is 0 Å². The molecule has 3 heteroatoms. The Morgan fingerprint density at radius 3 is 2.23 bits per heavy atom. The predicted molar refractivity (Wildman–Crippen MR) is 92.5 cm³/mol. The van der Waals surface area contributed by atoms with Crippen molar-refractivity contribution in [2.45, 2.75) is 13.8 Å². The number of carbonyl (C=O) groups is 1. The van der Waals surface area contributed by atoms with Gasteiger partial charge in [-0.1, -0.05) is 36.4 Å². The van der Waals surface area contributed by atoms with Crippen molar-refractivity contribution in [2.24, 2.45) is 0 Å². The molecule has 0 atom stereocenters. The number of pyridine rings is 1. The van der Waals surface area contributed by atoms with E-state index in [9.17, 15) is 4.79 Å². The zero-order valence-corrected chi connectivity index (χ0v) is 13.1. The Hall–Kier alpha value is -2.68. The molecule has 1 N–H and O–H groups in total. The van der Waals surface area contributed by atoms with Crippen molar-refractivity contribution in [2.75, 3.05) is 12.4 Å². The molecular weight excluding hydrogens is 272 g/mol. The molecule has 1 heterocycles. The van der Waals surface area contributed by atoms with Crippen LogP contribution in [-0.2, 0) is 0 Å². The van der Waals surface area contributed by atoms with Gasteiger partial charge < -0.3 is 5.32 Å². The summed E-state index contributed by atoms with van der Waals surface area (Å²) in [5.74, 6) is 0.0701. The maximum absolute atomic E-state index is 11.3. The van der Waals surface area contributed by atoms with Gasteiger partial charge in [0.15, 0.2) is 5.78 Å². The molecule has 0 aliphatic rings. The summed E-state index contributed by atoms with van der Waals surface area (Å²) in [6.45, 7) is 3.43. The molecule has 0 radical (unpaired) electrons. The number of ketones is 1. The third kappa shape index (κ3) is 3.92. The van der Waals surface area contributed by atoms with E-state index in [1.54, 1.807) is 6.92 Å². The zero-order valence-electron chi connectivity index (χ0n) is 13.1. The molecule has 0 unspecified atom stereocenters. The molecule has 0 fully saturated rings. The first-order chi connectivity index (χ1) is 10.6.